The zero-order valence-corrected chi connectivity index (χ0v) is 12.2. The van der Waals surface area contributed by atoms with Crippen LogP contribution >= 0.6 is 15.9 Å². The second-order valence-corrected chi connectivity index (χ2v) is 4.87. The first kappa shape index (κ1) is 13.5. The summed E-state index contributed by atoms with van der Waals surface area (Å²) < 4.78 is 5.67. The zero-order valence-electron chi connectivity index (χ0n) is 10.6. The lowest BCUT2D eigenvalue weighted by molar-refractivity contribution is 0.415. The van der Waals surface area contributed by atoms with Gasteiger partial charge in [0.1, 0.15) is 11.4 Å². The number of hydrogen-bond acceptors (Lipinski definition) is 4. The quantitative estimate of drug-likeness (QED) is 0.819. The van der Waals surface area contributed by atoms with E-state index in [-0.39, 0.29) is 5.75 Å². The molecule has 0 bridgehead atoms. The molecular formula is C14H13BrN2O2. The number of nitrogens with zero attached hydrogens (tertiary/aromatic N) is 2. The van der Waals surface area contributed by atoms with Crippen LogP contribution < -0.4 is 4.74 Å². The molecule has 0 saturated carbocycles. The Morgan fingerprint density at radius 1 is 1.11 bits per heavy atom. The van der Waals surface area contributed by atoms with Gasteiger partial charge in [-0.25, -0.2) is 0 Å². The van der Waals surface area contributed by atoms with Crippen molar-refractivity contribution in [3.8, 4) is 11.5 Å². The van der Waals surface area contributed by atoms with Gasteiger partial charge >= 0.3 is 0 Å². The Morgan fingerprint density at radius 2 is 1.79 bits per heavy atom. The van der Waals surface area contributed by atoms with E-state index in [0.29, 0.717) is 15.8 Å². The van der Waals surface area contributed by atoms with Crippen LogP contribution in [0.2, 0.25) is 0 Å². The number of phenolic OH excluding ortho intramolecular Hbond substituents is 1. The smallest absolute Gasteiger partial charge is 0.157 e. The molecule has 0 radical (unpaired) electrons. The Hall–Kier alpha value is -1.88. The first-order valence-electron chi connectivity index (χ1n) is 5.65. The molecule has 19 heavy (non-hydrogen) atoms. The SMILES string of the molecule is COc1ccc(N=Nc2cc(C)cc(Br)c2O)cc1. The van der Waals surface area contributed by atoms with E-state index in [4.69, 9.17) is 4.74 Å². The van der Waals surface area contributed by atoms with Crippen molar-refractivity contribution in [1.82, 2.24) is 0 Å². The molecule has 0 aliphatic heterocycles. The van der Waals surface area contributed by atoms with E-state index in [0.717, 1.165) is 11.3 Å². The number of rotatable bonds is 3. The largest absolute Gasteiger partial charge is 0.505 e. The molecule has 0 aromatic heterocycles. The summed E-state index contributed by atoms with van der Waals surface area (Å²) in [5.41, 5.74) is 2.12. The van der Waals surface area contributed by atoms with E-state index in [1.54, 1.807) is 37.4 Å². The molecule has 4 nitrogen and oxygen atoms in total. The summed E-state index contributed by atoms with van der Waals surface area (Å²) in [5, 5.41) is 18.0. The molecule has 0 aliphatic rings. The number of hydrogen-bond donors (Lipinski definition) is 1. The van der Waals surface area contributed by atoms with Gasteiger partial charge in [-0.2, -0.15) is 5.11 Å². The van der Waals surface area contributed by atoms with E-state index in [9.17, 15) is 5.11 Å². The molecule has 0 heterocycles. The molecule has 2 aromatic carbocycles. The first-order valence-corrected chi connectivity index (χ1v) is 6.44. The van der Waals surface area contributed by atoms with Gasteiger partial charge in [0, 0.05) is 0 Å². The van der Waals surface area contributed by atoms with Crippen LogP contribution in [-0.2, 0) is 0 Å². The van der Waals surface area contributed by atoms with Crippen LogP contribution in [0.3, 0.4) is 0 Å². The maximum atomic E-state index is 9.86. The average Bonchev–Trinajstić information content (AvgIpc) is 2.41. The van der Waals surface area contributed by atoms with Crippen LogP contribution in [0.15, 0.2) is 51.1 Å². The number of aromatic hydroxyl groups is 1. The van der Waals surface area contributed by atoms with Crippen molar-refractivity contribution in [2.45, 2.75) is 6.92 Å². The molecule has 0 fully saturated rings. The second kappa shape index (κ2) is 5.84. The highest BCUT2D eigenvalue weighted by atomic mass is 79.9. The number of phenols is 1. The third kappa shape index (κ3) is 3.32. The minimum Gasteiger partial charge on any atom is -0.505 e. The molecule has 98 valence electrons. The van der Waals surface area contributed by atoms with Crippen LogP contribution in [0.1, 0.15) is 5.56 Å². The van der Waals surface area contributed by atoms with Gasteiger partial charge in [0.05, 0.1) is 17.3 Å². The van der Waals surface area contributed by atoms with Gasteiger partial charge in [-0.1, -0.05) is 0 Å². The van der Waals surface area contributed by atoms with Crippen LogP contribution in [0, 0.1) is 6.92 Å². The van der Waals surface area contributed by atoms with E-state index >= 15 is 0 Å². The van der Waals surface area contributed by atoms with Gasteiger partial charge in [-0.05, 0) is 64.8 Å². The third-order valence-corrected chi connectivity index (χ3v) is 3.14. The Bertz CT molecular complexity index is 610. The molecule has 0 atom stereocenters. The van der Waals surface area contributed by atoms with Crippen LogP contribution in [0.25, 0.3) is 0 Å². The van der Waals surface area contributed by atoms with Crippen molar-refractivity contribution in [3.63, 3.8) is 0 Å². The minimum absolute atomic E-state index is 0.0860. The topological polar surface area (TPSA) is 54.2 Å². The summed E-state index contributed by atoms with van der Waals surface area (Å²) in [6.45, 7) is 1.93. The summed E-state index contributed by atoms with van der Waals surface area (Å²) in [5.74, 6) is 0.850. The molecular weight excluding hydrogens is 308 g/mol. The Kier molecular flexibility index (Phi) is 4.16. The predicted molar refractivity (Wildman–Crippen MR) is 77.7 cm³/mol. The first-order chi connectivity index (χ1) is 9.10. The van der Waals surface area contributed by atoms with Crippen molar-refractivity contribution in [2.24, 2.45) is 10.2 Å². The molecule has 0 spiro atoms. The average molecular weight is 321 g/mol. The van der Waals surface area contributed by atoms with Gasteiger partial charge in [0.15, 0.2) is 5.75 Å². The fourth-order valence-electron chi connectivity index (χ4n) is 1.55. The van der Waals surface area contributed by atoms with Crippen molar-refractivity contribution in [2.75, 3.05) is 7.11 Å². The van der Waals surface area contributed by atoms with Gasteiger partial charge in [0.25, 0.3) is 0 Å². The van der Waals surface area contributed by atoms with Crippen LogP contribution in [0.5, 0.6) is 11.5 Å². The Labute approximate surface area is 119 Å². The molecule has 0 amide bonds. The number of halogens is 1. The molecule has 0 saturated heterocycles. The van der Waals surface area contributed by atoms with E-state index in [1.165, 1.54) is 0 Å². The maximum absolute atomic E-state index is 9.86. The van der Waals surface area contributed by atoms with Crippen molar-refractivity contribution in [3.05, 3.63) is 46.4 Å². The summed E-state index contributed by atoms with van der Waals surface area (Å²) >= 11 is 3.27. The molecule has 0 unspecified atom stereocenters. The highest BCUT2D eigenvalue weighted by Crippen LogP contribution is 2.36. The van der Waals surface area contributed by atoms with Gasteiger partial charge < -0.3 is 9.84 Å². The lowest BCUT2D eigenvalue weighted by Gasteiger charge is -2.02. The van der Waals surface area contributed by atoms with Crippen LogP contribution in [0.4, 0.5) is 11.4 Å². The molecule has 0 aliphatic carbocycles. The van der Waals surface area contributed by atoms with E-state index in [2.05, 4.69) is 26.2 Å². The highest BCUT2D eigenvalue weighted by molar-refractivity contribution is 9.10. The summed E-state index contributed by atoms with van der Waals surface area (Å²) in [6.07, 6.45) is 0. The molecule has 1 N–H and O–H groups in total. The number of methoxy groups -OCH3 is 1. The minimum atomic E-state index is 0.0860. The molecule has 2 rings (SSSR count). The number of aryl methyl sites for hydroxylation is 1. The Morgan fingerprint density at radius 3 is 2.42 bits per heavy atom. The number of benzene rings is 2. The fraction of sp³-hybridized carbons (Fsp3) is 0.143. The maximum Gasteiger partial charge on any atom is 0.157 e. The summed E-state index contributed by atoms with van der Waals surface area (Å²) in [6, 6.07) is 10.8. The van der Waals surface area contributed by atoms with Gasteiger partial charge in [-0.15, -0.1) is 5.11 Å². The normalized spacial score (nSPS) is 10.9. The summed E-state index contributed by atoms with van der Waals surface area (Å²) in [7, 11) is 1.61. The highest BCUT2D eigenvalue weighted by Gasteiger charge is 2.05. The van der Waals surface area contributed by atoms with Crippen molar-refractivity contribution >= 4 is 27.3 Å². The van der Waals surface area contributed by atoms with E-state index in [1.807, 2.05) is 13.0 Å². The fourth-order valence-corrected chi connectivity index (χ4v) is 2.12. The predicted octanol–water partition coefficient (Wildman–Crippen LogP) is 4.89. The summed E-state index contributed by atoms with van der Waals surface area (Å²) in [4.78, 5) is 0. The van der Waals surface area contributed by atoms with Crippen molar-refractivity contribution in [1.29, 1.82) is 0 Å². The lowest BCUT2D eigenvalue weighted by Crippen LogP contribution is -1.79. The second-order valence-electron chi connectivity index (χ2n) is 4.01. The molecule has 5 heteroatoms. The standard InChI is InChI=1S/C14H13BrN2O2/c1-9-7-12(15)14(18)13(8-9)17-16-10-3-5-11(19-2)6-4-10/h3-8,18H,1-2H3. The number of ether oxygens (including phenoxy) is 1. The van der Waals surface area contributed by atoms with Gasteiger partial charge in [-0.3, -0.25) is 0 Å². The Balaban J connectivity index is 2.27. The monoisotopic (exact) mass is 320 g/mol. The number of azo groups is 1. The third-order valence-electron chi connectivity index (χ3n) is 2.53. The van der Waals surface area contributed by atoms with Gasteiger partial charge in [0.2, 0.25) is 0 Å². The van der Waals surface area contributed by atoms with Crippen LogP contribution in [-0.4, -0.2) is 12.2 Å². The van der Waals surface area contributed by atoms with E-state index < -0.39 is 0 Å². The lowest BCUT2D eigenvalue weighted by atomic mass is 10.2. The zero-order chi connectivity index (χ0) is 13.8. The van der Waals surface area contributed by atoms with Crippen molar-refractivity contribution < 1.29 is 9.84 Å². The molecule has 2 aromatic rings.